The van der Waals surface area contributed by atoms with Crippen molar-refractivity contribution in [3.8, 4) is 0 Å². The van der Waals surface area contributed by atoms with Crippen LogP contribution in [0.25, 0.3) is 0 Å². The van der Waals surface area contributed by atoms with Gasteiger partial charge in [0, 0.05) is 17.8 Å². The van der Waals surface area contributed by atoms with Gasteiger partial charge in [-0.1, -0.05) is 5.46 Å². The van der Waals surface area contributed by atoms with Crippen molar-refractivity contribution in [1.29, 1.82) is 0 Å². The zero-order chi connectivity index (χ0) is 8.43. The maximum Gasteiger partial charge on any atom is 0.268 e. The van der Waals surface area contributed by atoms with Gasteiger partial charge in [-0.3, -0.25) is 10.1 Å². The van der Waals surface area contributed by atoms with E-state index in [1.807, 2.05) is 0 Å². The summed E-state index contributed by atoms with van der Waals surface area (Å²) in [4.78, 5) is 9.66. The molecule has 54 valence electrons. The zero-order valence-corrected chi connectivity index (χ0v) is 5.65. The van der Waals surface area contributed by atoms with Gasteiger partial charge in [-0.2, -0.15) is 0 Å². The lowest BCUT2D eigenvalue weighted by Crippen LogP contribution is -2.09. The Hall–Kier alpha value is -1.52. The average Bonchev–Trinajstić information content (AvgIpc) is 1.94. The van der Waals surface area contributed by atoms with Crippen molar-refractivity contribution in [2.45, 2.75) is 0 Å². The number of nitrogens with two attached hydrogens (primary N) is 1. The molecular weight excluding hydrogens is 143 g/mol. The summed E-state index contributed by atoms with van der Waals surface area (Å²) in [5.41, 5.74) is 5.89. The second kappa shape index (κ2) is 2.61. The van der Waals surface area contributed by atoms with Crippen molar-refractivity contribution in [2.75, 3.05) is 5.73 Å². The van der Waals surface area contributed by atoms with Crippen LogP contribution in [0.4, 0.5) is 11.4 Å². The summed E-state index contributed by atoms with van der Waals surface area (Å²) in [6, 6.07) is 3.95. The largest absolute Gasteiger partial charge is 0.399 e. The first kappa shape index (κ1) is 7.59. The first-order chi connectivity index (χ1) is 5.11. The summed E-state index contributed by atoms with van der Waals surface area (Å²) < 4.78 is 0. The number of nitro benzene ring substituents is 1. The summed E-state index contributed by atoms with van der Waals surface area (Å²) in [7, 11) is 5.33. The molecule has 0 heterocycles. The maximum atomic E-state index is 10.2. The predicted molar refractivity (Wildman–Crippen MR) is 42.9 cm³/mol. The lowest BCUT2D eigenvalue weighted by atomic mass is 9.94. The lowest BCUT2D eigenvalue weighted by Gasteiger charge is -1.97. The Kier molecular flexibility index (Phi) is 1.80. The Morgan fingerprint density at radius 3 is 2.64 bits per heavy atom. The molecule has 0 bridgehead atoms. The second-order valence-corrected chi connectivity index (χ2v) is 2.07. The van der Waals surface area contributed by atoms with Gasteiger partial charge in [0.1, 0.15) is 7.85 Å². The molecule has 2 N–H and O–H groups in total. The van der Waals surface area contributed by atoms with Gasteiger partial charge < -0.3 is 5.73 Å². The van der Waals surface area contributed by atoms with Gasteiger partial charge in [-0.25, -0.2) is 0 Å². The van der Waals surface area contributed by atoms with E-state index >= 15 is 0 Å². The van der Waals surface area contributed by atoms with Crippen molar-refractivity contribution >= 4 is 24.7 Å². The Balaban J connectivity index is 3.15. The van der Waals surface area contributed by atoms with E-state index in [2.05, 4.69) is 0 Å². The Bertz CT molecular complexity index is 301. The summed E-state index contributed by atoms with van der Waals surface area (Å²) in [6.07, 6.45) is 0. The van der Waals surface area contributed by atoms with Crippen molar-refractivity contribution in [3.63, 3.8) is 0 Å². The van der Waals surface area contributed by atoms with Gasteiger partial charge in [-0.05, 0) is 6.07 Å². The fraction of sp³-hybridized carbons (Fsp3) is 0. The van der Waals surface area contributed by atoms with Crippen LogP contribution in [-0.2, 0) is 0 Å². The minimum Gasteiger partial charge on any atom is -0.399 e. The zero-order valence-electron chi connectivity index (χ0n) is 5.65. The van der Waals surface area contributed by atoms with Crippen molar-refractivity contribution in [1.82, 2.24) is 0 Å². The SMILES string of the molecule is [B]c1cc([N+](=O)[O-])ccc1N. The number of non-ortho nitro benzene ring substituents is 1. The van der Waals surface area contributed by atoms with Crippen LogP contribution in [0.3, 0.4) is 0 Å². The standard InChI is InChI=1S/C6H5BN2O2/c7-5-3-4(9(10)11)1-2-6(5)8/h1-3H,8H2. The summed E-state index contributed by atoms with van der Waals surface area (Å²) in [6.45, 7) is 0. The highest BCUT2D eigenvalue weighted by molar-refractivity contribution is 6.35. The number of benzene rings is 1. The van der Waals surface area contributed by atoms with Crippen molar-refractivity contribution in [3.05, 3.63) is 28.3 Å². The molecule has 0 atom stereocenters. The van der Waals surface area contributed by atoms with E-state index in [4.69, 9.17) is 13.6 Å². The number of hydrogen-bond donors (Lipinski definition) is 1. The molecule has 5 heteroatoms. The molecule has 0 aromatic heterocycles. The van der Waals surface area contributed by atoms with Crippen LogP contribution >= 0.6 is 0 Å². The monoisotopic (exact) mass is 148 g/mol. The summed E-state index contributed by atoms with van der Waals surface area (Å²) >= 11 is 0. The van der Waals surface area contributed by atoms with Crippen LogP contribution in [0, 0.1) is 10.1 Å². The molecule has 0 saturated heterocycles. The molecule has 0 spiro atoms. The van der Waals surface area contributed by atoms with E-state index in [1.54, 1.807) is 0 Å². The first-order valence-electron chi connectivity index (χ1n) is 2.90. The molecular formula is C6H5BN2O2. The molecule has 0 fully saturated rings. The molecule has 0 aliphatic carbocycles. The quantitative estimate of drug-likeness (QED) is 0.263. The second-order valence-electron chi connectivity index (χ2n) is 2.07. The molecule has 11 heavy (non-hydrogen) atoms. The highest BCUT2D eigenvalue weighted by Crippen LogP contribution is 2.09. The van der Waals surface area contributed by atoms with Gasteiger partial charge in [0.15, 0.2) is 0 Å². The normalized spacial score (nSPS) is 9.45. The van der Waals surface area contributed by atoms with E-state index < -0.39 is 4.92 Å². The molecule has 1 rings (SSSR count). The smallest absolute Gasteiger partial charge is 0.268 e. The molecule has 2 radical (unpaired) electrons. The number of rotatable bonds is 1. The summed E-state index contributed by atoms with van der Waals surface area (Å²) in [5, 5.41) is 10.2. The number of anilines is 1. The van der Waals surface area contributed by atoms with Crippen LogP contribution in [-0.4, -0.2) is 12.8 Å². The first-order valence-corrected chi connectivity index (χ1v) is 2.90. The molecule has 1 aromatic rings. The third kappa shape index (κ3) is 1.49. The van der Waals surface area contributed by atoms with Crippen molar-refractivity contribution < 1.29 is 4.92 Å². The van der Waals surface area contributed by atoms with E-state index in [-0.39, 0.29) is 11.2 Å². The molecule has 0 saturated carbocycles. The van der Waals surface area contributed by atoms with Crippen LogP contribution in [0.5, 0.6) is 0 Å². The van der Waals surface area contributed by atoms with Crippen LogP contribution in [0.2, 0.25) is 0 Å². The Morgan fingerprint density at radius 2 is 2.18 bits per heavy atom. The lowest BCUT2D eigenvalue weighted by molar-refractivity contribution is -0.384. The maximum absolute atomic E-state index is 10.2. The topological polar surface area (TPSA) is 69.2 Å². The minimum atomic E-state index is -0.518. The number of nitrogen functional groups attached to an aromatic ring is 1. The van der Waals surface area contributed by atoms with E-state index in [0.717, 1.165) is 0 Å². The molecule has 0 amide bonds. The predicted octanol–water partition coefficient (Wildman–Crippen LogP) is -0.0292. The van der Waals surface area contributed by atoms with Gasteiger partial charge in [0.05, 0.1) is 4.92 Å². The Morgan fingerprint density at radius 1 is 1.55 bits per heavy atom. The molecule has 0 aliphatic heterocycles. The fourth-order valence-corrected chi connectivity index (χ4v) is 0.676. The molecule has 4 nitrogen and oxygen atoms in total. The highest BCUT2D eigenvalue weighted by atomic mass is 16.6. The van der Waals surface area contributed by atoms with Gasteiger partial charge in [0.2, 0.25) is 0 Å². The molecule has 1 aromatic carbocycles. The third-order valence-corrected chi connectivity index (χ3v) is 1.28. The van der Waals surface area contributed by atoms with Crippen LogP contribution in [0.15, 0.2) is 18.2 Å². The van der Waals surface area contributed by atoms with E-state index in [0.29, 0.717) is 5.69 Å². The number of nitro groups is 1. The van der Waals surface area contributed by atoms with E-state index in [1.165, 1.54) is 18.2 Å². The minimum absolute atomic E-state index is 0.0447. The van der Waals surface area contributed by atoms with E-state index in [9.17, 15) is 10.1 Å². The Labute approximate surface area is 64.6 Å². The van der Waals surface area contributed by atoms with Crippen molar-refractivity contribution in [2.24, 2.45) is 0 Å². The van der Waals surface area contributed by atoms with Gasteiger partial charge in [0.25, 0.3) is 5.69 Å². The third-order valence-electron chi connectivity index (χ3n) is 1.28. The highest BCUT2D eigenvalue weighted by Gasteiger charge is 2.04. The number of nitrogens with zero attached hydrogens (tertiary/aromatic N) is 1. The van der Waals surface area contributed by atoms with Crippen LogP contribution < -0.4 is 11.2 Å². The summed E-state index contributed by atoms with van der Waals surface area (Å²) in [5.74, 6) is 0. The number of hydrogen-bond acceptors (Lipinski definition) is 3. The van der Waals surface area contributed by atoms with Gasteiger partial charge in [-0.15, -0.1) is 0 Å². The average molecular weight is 148 g/mol. The van der Waals surface area contributed by atoms with Gasteiger partial charge >= 0.3 is 0 Å². The molecule has 0 aliphatic rings. The molecule has 0 unspecified atom stereocenters. The fourth-order valence-electron chi connectivity index (χ4n) is 0.676. The van der Waals surface area contributed by atoms with Crippen LogP contribution in [0.1, 0.15) is 0 Å².